The lowest BCUT2D eigenvalue weighted by Crippen LogP contribution is -2.37. The Balaban J connectivity index is 2.31. The lowest BCUT2D eigenvalue weighted by atomic mass is 9.94. The Morgan fingerprint density at radius 3 is 1.80 bits per heavy atom. The van der Waals surface area contributed by atoms with Gasteiger partial charge in [-0.2, -0.15) is 0 Å². The molecular weight excluding hydrogens is 691 g/mol. The Labute approximate surface area is 336 Å². The van der Waals surface area contributed by atoms with Gasteiger partial charge in [0.05, 0.1) is 39.0 Å². The van der Waals surface area contributed by atoms with E-state index in [-0.39, 0.29) is 23.8 Å². The molecule has 0 amide bonds. The van der Waals surface area contributed by atoms with Gasteiger partial charge in [-0.05, 0) is 81.6 Å². The standard InChI is InChI=1S/C47H81NO7/c1-5-8-17-25-42(4)32-38-53-45(49)30-22-15-11-13-20-28-44(47(51)55-37-24-34-48-35-40-52-41-36-48)29-21-14-12-16-23-31-46(50)54-39-33-43(26-18-9-6-2)27-19-10-7-3/h26,42-44H,2,5,7-8,10-17,19-25,27-41H2,1,3-4H3. The van der Waals surface area contributed by atoms with E-state index < -0.39 is 0 Å². The molecule has 0 aromatic carbocycles. The third kappa shape index (κ3) is 31.2. The molecule has 1 aliphatic rings. The first kappa shape index (κ1) is 50.4. The number of morpholine rings is 1. The van der Waals surface area contributed by atoms with Gasteiger partial charge in [-0.25, -0.2) is 0 Å². The van der Waals surface area contributed by atoms with Crippen LogP contribution in [0.15, 0.2) is 29.8 Å². The highest BCUT2D eigenvalue weighted by molar-refractivity contribution is 5.72. The number of esters is 3. The van der Waals surface area contributed by atoms with Gasteiger partial charge in [-0.3, -0.25) is 19.3 Å². The van der Waals surface area contributed by atoms with Crippen LogP contribution in [0.3, 0.4) is 0 Å². The number of carbonyl (C=O) groups is 3. The lowest BCUT2D eigenvalue weighted by Gasteiger charge is -2.26. The summed E-state index contributed by atoms with van der Waals surface area (Å²) in [6.45, 7) is 16.0. The van der Waals surface area contributed by atoms with E-state index in [2.05, 4.69) is 49.4 Å². The zero-order valence-corrected chi connectivity index (χ0v) is 35.7. The minimum atomic E-state index is -0.118. The summed E-state index contributed by atoms with van der Waals surface area (Å²) in [5.41, 5.74) is 8.36. The number of unbranched alkanes of at least 4 members (excludes halogenated alkanes) is 12. The molecule has 0 spiro atoms. The summed E-state index contributed by atoms with van der Waals surface area (Å²) in [5, 5.41) is 0. The highest BCUT2D eigenvalue weighted by Gasteiger charge is 2.20. The molecule has 1 aliphatic heterocycles. The van der Waals surface area contributed by atoms with Gasteiger partial charge in [-0.1, -0.05) is 129 Å². The van der Waals surface area contributed by atoms with Crippen molar-refractivity contribution >= 4 is 17.9 Å². The van der Waals surface area contributed by atoms with Crippen LogP contribution in [-0.2, 0) is 33.3 Å². The van der Waals surface area contributed by atoms with Gasteiger partial charge in [0.1, 0.15) is 0 Å². The van der Waals surface area contributed by atoms with E-state index in [0.717, 1.165) is 142 Å². The first-order chi connectivity index (χ1) is 26.9. The maximum Gasteiger partial charge on any atom is 0.308 e. The number of hydrogen-bond acceptors (Lipinski definition) is 8. The Bertz CT molecular complexity index is 1080. The first-order valence-electron chi connectivity index (χ1n) is 22.5. The Morgan fingerprint density at radius 1 is 0.655 bits per heavy atom. The second kappa shape index (κ2) is 37.0. The minimum absolute atomic E-state index is 0.0524. The van der Waals surface area contributed by atoms with Gasteiger partial charge in [0.2, 0.25) is 0 Å². The van der Waals surface area contributed by atoms with Gasteiger partial charge in [0, 0.05) is 32.5 Å². The zero-order valence-electron chi connectivity index (χ0n) is 35.7. The molecule has 1 heterocycles. The van der Waals surface area contributed by atoms with E-state index in [1.807, 2.05) is 6.08 Å². The number of nitrogens with zero attached hydrogens (tertiary/aromatic N) is 1. The molecule has 3 unspecified atom stereocenters. The van der Waals surface area contributed by atoms with E-state index in [9.17, 15) is 14.4 Å². The number of carbonyl (C=O) groups excluding carboxylic acids is 3. The summed E-state index contributed by atoms with van der Waals surface area (Å²) in [4.78, 5) is 40.0. The topological polar surface area (TPSA) is 91.4 Å². The van der Waals surface area contributed by atoms with Crippen molar-refractivity contribution in [1.29, 1.82) is 0 Å². The van der Waals surface area contributed by atoms with Gasteiger partial charge in [-0.15, -0.1) is 0 Å². The summed E-state index contributed by atoms with van der Waals surface area (Å²) >= 11 is 0. The van der Waals surface area contributed by atoms with Gasteiger partial charge < -0.3 is 18.9 Å². The average molecular weight is 772 g/mol. The van der Waals surface area contributed by atoms with E-state index in [1.165, 1.54) is 38.5 Å². The van der Waals surface area contributed by atoms with Crippen LogP contribution < -0.4 is 0 Å². The normalized spacial score (nSPS) is 14.5. The third-order valence-corrected chi connectivity index (χ3v) is 10.8. The fraction of sp³-hybridized carbons (Fsp3) is 0.830. The highest BCUT2D eigenvalue weighted by atomic mass is 16.5. The predicted octanol–water partition coefficient (Wildman–Crippen LogP) is 11.3. The van der Waals surface area contributed by atoms with Crippen molar-refractivity contribution in [2.24, 2.45) is 17.8 Å². The van der Waals surface area contributed by atoms with Crippen LogP contribution in [0.2, 0.25) is 0 Å². The van der Waals surface area contributed by atoms with Crippen molar-refractivity contribution in [3.8, 4) is 0 Å². The van der Waals surface area contributed by atoms with Crippen molar-refractivity contribution in [3.05, 3.63) is 29.8 Å². The van der Waals surface area contributed by atoms with Crippen molar-refractivity contribution in [2.45, 2.75) is 181 Å². The Hall–Kier alpha value is -2.59. The van der Waals surface area contributed by atoms with Crippen molar-refractivity contribution in [2.75, 3.05) is 52.7 Å². The molecule has 0 N–H and O–H groups in total. The van der Waals surface area contributed by atoms with Gasteiger partial charge in [0.15, 0.2) is 0 Å². The summed E-state index contributed by atoms with van der Waals surface area (Å²) in [6, 6.07) is 0. The number of hydrogen-bond donors (Lipinski definition) is 0. The van der Waals surface area contributed by atoms with Crippen LogP contribution >= 0.6 is 0 Å². The Kier molecular flexibility index (Phi) is 33.9. The molecule has 1 fully saturated rings. The molecule has 1 saturated heterocycles. The quantitative estimate of drug-likeness (QED) is 0.0269. The van der Waals surface area contributed by atoms with Crippen molar-refractivity contribution < 1.29 is 33.3 Å². The van der Waals surface area contributed by atoms with E-state index in [4.69, 9.17) is 18.9 Å². The first-order valence-corrected chi connectivity index (χ1v) is 22.5. The smallest absolute Gasteiger partial charge is 0.308 e. The third-order valence-electron chi connectivity index (χ3n) is 10.8. The number of rotatable bonds is 36. The van der Waals surface area contributed by atoms with Crippen LogP contribution in [-0.4, -0.2) is 75.5 Å². The van der Waals surface area contributed by atoms with Crippen LogP contribution in [0, 0.1) is 17.8 Å². The average Bonchev–Trinajstić information content (AvgIpc) is 3.18. The molecule has 8 nitrogen and oxygen atoms in total. The fourth-order valence-electron chi connectivity index (χ4n) is 7.07. The molecule has 0 saturated carbocycles. The molecular formula is C47H81NO7. The van der Waals surface area contributed by atoms with Crippen LogP contribution in [0.1, 0.15) is 181 Å². The largest absolute Gasteiger partial charge is 0.466 e. The summed E-state index contributed by atoms with van der Waals surface area (Å²) in [5.74, 6) is 0.623. The molecule has 1 rings (SSSR count). The summed E-state index contributed by atoms with van der Waals surface area (Å²) < 4.78 is 22.3. The molecule has 0 bridgehead atoms. The van der Waals surface area contributed by atoms with Crippen LogP contribution in [0.5, 0.6) is 0 Å². The van der Waals surface area contributed by atoms with Crippen molar-refractivity contribution in [1.82, 2.24) is 4.90 Å². The second-order valence-corrected chi connectivity index (χ2v) is 15.8. The minimum Gasteiger partial charge on any atom is -0.466 e. The summed E-state index contributed by atoms with van der Waals surface area (Å²) in [6.07, 6.45) is 26.7. The van der Waals surface area contributed by atoms with E-state index >= 15 is 0 Å². The molecule has 0 radical (unpaired) electrons. The van der Waals surface area contributed by atoms with E-state index in [1.54, 1.807) is 0 Å². The molecule has 55 heavy (non-hydrogen) atoms. The maximum atomic E-state index is 13.2. The van der Waals surface area contributed by atoms with Gasteiger partial charge >= 0.3 is 17.9 Å². The zero-order chi connectivity index (χ0) is 40.0. The monoisotopic (exact) mass is 772 g/mol. The highest BCUT2D eigenvalue weighted by Crippen LogP contribution is 2.22. The molecule has 3 atom stereocenters. The lowest BCUT2D eigenvalue weighted by molar-refractivity contribution is -0.149. The second-order valence-electron chi connectivity index (χ2n) is 15.8. The number of allylic oxidation sites excluding steroid dienone is 1. The Morgan fingerprint density at radius 2 is 1.20 bits per heavy atom. The van der Waals surface area contributed by atoms with E-state index in [0.29, 0.717) is 44.5 Å². The number of ether oxygens (including phenoxy) is 4. The van der Waals surface area contributed by atoms with Crippen molar-refractivity contribution in [3.63, 3.8) is 0 Å². The fourth-order valence-corrected chi connectivity index (χ4v) is 7.07. The summed E-state index contributed by atoms with van der Waals surface area (Å²) in [7, 11) is 0. The maximum absolute atomic E-state index is 13.2. The van der Waals surface area contributed by atoms with Gasteiger partial charge in [0.25, 0.3) is 0 Å². The molecule has 0 aliphatic carbocycles. The SMILES string of the molecule is C=C=C=C=CC(CCCCC)CCOC(=O)CCCCCCCC(CCCCCCCC(=O)OCCC(C)CCCCC)C(=O)OCCCN1CCOCC1. The molecule has 316 valence electrons. The van der Waals surface area contributed by atoms with Crippen LogP contribution in [0.25, 0.3) is 0 Å². The van der Waals surface area contributed by atoms with Crippen LogP contribution in [0.4, 0.5) is 0 Å². The molecule has 0 aromatic heterocycles. The predicted molar refractivity (Wildman–Crippen MR) is 224 cm³/mol. The molecule has 0 aromatic rings. The molecule has 8 heteroatoms.